The van der Waals surface area contributed by atoms with Crippen LogP contribution in [0.4, 0.5) is 0 Å². The van der Waals surface area contributed by atoms with Crippen molar-refractivity contribution >= 4 is 18.0 Å². The highest BCUT2D eigenvalue weighted by Crippen LogP contribution is 2.56. The van der Waals surface area contributed by atoms with Crippen LogP contribution in [0.3, 0.4) is 0 Å². The van der Waals surface area contributed by atoms with E-state index in [-0.39, 0.29) is 0 Å². The van der Waals surface area contributed by atoms with Crippen LogP contribution in [-0.2, 0) is 4.79 Å². The Bertz CT molecular complexity index is 172. The second-order valence-electron chi connectivity index (χ2n) is 3.91. The Morgan fingerprint density at radius 2 is 2.45 bits per heavy atom. The van der Waals surface area contributed by atoms with Crippen LogP contribution >= 0.6 is 11.8 Å². The van der Waals surface area contributed by atoms with Gasteiger partial charge in [0.25, 0.3) is 0 Å². The molecule has 1 aliphatic heterocycles. The molecule has 2 rings (SSSR count). The van der Waals surface area contributed by atoms with Crippen LogP contribution in [0.2, 0.25) is 0 Å². The monoisotopic (exact) mass is 170 g/mol. The van der Waals surface area contributed by atoms with Crippen LogP contribution in [0.5, 0.6) is 0 Å². The Morgan fingerprint density at radius 1 is 1.64 bits per heavy atom. The van der Waals surface area contributed by atoms with Gasteiger partial charge in [-0.05, 0) is 30.9 Å². The van der Waals surface area contributed by atoms with E-state index in [0.717, 1.165) is 12.7 Å². The molecular weight excluding hydrogens is 156 g/mol. The van der Waals surface area contributed by atoms with Crippen molar-refractivity contribution in [1.29, 1.82) is 0 Å². The van der Waals surface area contributed by atoms with E-state index in [4.69, 9.17) is 0 Å². The highest BCUT2D eigenvalue weighted by atomic mass is 32.2. The van der Waals surface area contributed by atoms with E-state index in [9.17, 15) is 4.79 Å². The minimum atomic E-state index is 0.408. The molecule has 11 heavy (non-hydrogen) atoms. The van der Waals surface area contributed by atoms with Crippen molar-refractivity contribution in [2.75, 3.05) is 5.75 Å². The van der Waals surface area contributed by atoms with Crippen molar-refractivity contribution in [2.45, 2.75) is 30.9 Å². The minimum Gasteiger partial charge on any atom is -0.303 e. The summed E-state index contributed by atoms with van der Waals surface area (Å²) in [5.74, 6) is 2.43. The van der Waals surface area contributed by atoms with Gasteiger partial charge in [-0.15, -0.1) is 0 Å². The molecule has 0 amide bonds. The van der Waals surface area contributed by atoms with E-state index in [1.165, 1.54) is 18.6 Å². The smallest absolute Gasteiger partial charge is 0.123 e. The number of thioether (sulfide) groups is 1. The van der Waals surface area contributed by atoms with Crippen LogP contribution in [0.15, 0.2) is 0 Å². The Morgan fingerprint density at radius 3 is 2.91 bits per heavy atom. The number of hydrogen-bond donors (Lipinski definition) is 0. The summed E-state index contributed by atoms with van der Waals surface area (Å²) in [7, 11) is 0. The quantitative estimate of drug-likeness (QED) is 0.590. The van der Waals surface area contributed by atoms with E-state index < -0.39 is 0 Å². The fourth-order valence-electron chi connectivity index (χ4n) is 2.16. The molecule has 2 heteroatoms. The lowest BCUT2D eigenvalue weighted by Crippen LogP contribution is -2.19. The summed E-state index contributed by atoms with van der Waals surface area (Å²) in [6, 6.07) is 0. The molecule has 0 N–H and O–H groups in total. The highest BCUT2D eigenvalue weighted by Gasteiger charge is 2.51. The standard InChI is InChI=1S/C9H14OS/c1-9(3-2-4-11-9)8-5-7(8)6-10/h6-8H,2-5H2,1H3/t7-,8-,9+/m0/s1. The first-order valence-electron chi connectivity index (χ1n) is 4.35. The van der Waals surface area contributed by atoms with Crippen molar-refractivity contribution in [2.24, 2.45) is 11.8 Å². The molecule has 0 unspecified atom stereocenters. The van der Waals surface area contributed by atoms with Gasteiger partial charge in [-0.1, -0.05) is 6.92 Å². The van der Waals surface area contributed by atoms with E-state index in [1.54, 1.807) is 0 Å². The van der Waals surface area contributed by atoms with Crippen LogP contribution in [0, 0.1) is 11.8 Å². The largest absolute Gasteiger partial charge is 0.303 e. The maximum absolute atomic E-state index is 10.5. The average Bonchev–Trinajstić information content (AvgIpc) is 2.70. The minimum absolute atomic E-state index is 0.408. The molecule has 0 bridgehead atoms. The molecule has 2 aliphatic rings. The number of aldehydes is 1. The normalized spacial score (nSPS) is 49.2. The van der Waals surface area contributed by atoms with Crippen molar-refractivity contribution in [3.8, 4) is 0 Å². The van der Waals surface area contributed by atoms with Gasteiger partial charge in [0.1, 0.15) is 6.29 Å². The third kappa shape index (κ3) is 1.22. The van der Waals surface area contributed by atoms with E-state index in [0.29, 0.717) is 16.6 Å². The third-order valence-corrected chi connectivity index (χ3v) is 4.71. The first kappa shape index (κ1) is 7.66. The molecule has 0 aromatic heterocycles. The molecule has 1 aliphatic carbocycles. The van der Waals surface area contributed by atoms with Gasteiger partial charge < -0.3 is 4.79 Å². The van der Waals surface area contributed by atoms with Crippen LogP contribution in [0.1, 0.15) is 26.2 Å². The van der Waals surface area contributed by atoms with Crippen LogP contribution < -0.4 is 0 Å². The number of rotatable bonds is 2. The molecule has 0 aromatic carbocycles. The number of hydrogen-bond acceptors (Lipinski definition) is 2. The lowest BCUT2D eigenvalue weighted by molar-refractivity contribution is -0.109. The van der Waals surface area contributed by atoms with Gasteiger partial charge in [0.05, 0.1) is 0 Å². The maximum Gasteiger partial charge on any atom is 0.123 e. The summed E-state index contributed by atoms with van der Waals surface area (Å²) in [5, 5.41) is 0. The lowest BCUT2D eigenvalue weighted by atomic mass is 9.98. The molecule has 0 spiro atoms. The Balaban J connectivity index is 1.99. The molecule has 0 aromatic rings. The zero-order chi connectivity index (χ0) is 7.90. The fraction of sp³-hybridized carbons (Fsp3) is 0.889. The van der Waals surface area contributed by atoms with Gasteiger partial charge >= 0.3 is 0 Å². The molecule has 1 nitrogen and oxygen atoms in total. The topological polar surface area (TPSA) is 17.1 Å². The molecule has 1 saturated carbocycles. The summed E-state index contributed by atoms with van der Waals surface area (Å²) in [5.41, 5.74) is 0. The predicted molar refractivity (Wildman–Crippen MR) is 47.8 cm³/mol. The fourth-order valence-corrected chi connectivity index (χ4v) is 3.69. The Kier molecular flexibility index (Phi) is 1.75. The predicted octanol–water partition coefficient (Wildman–Crippen LogP) is 2.11. The average molecular weight is 170 g/mol. The summed E-state index contributed by atoms with van der Waals surface area (Å²) < 4.78 is 0.464. The number of carbonyl (C=O) groups is 1. The zero-order valence-corrected chi connectivity index (χ0v) is 7.69. The zero-order valence-electron chi connectivity index (χ0n) is 6.88. The van der Waals surface area contributed by atoms with Gasteiger partial charge in [-0.3, -0.25) is 0 Å². The molecular formula is C9H14OS. The summed E-state index contributed by atoms with van der Waals surface area (Å²) in [4.78, 5) is 10.5. The third-order valence-electron chi connectivity index (χ3n) is 3.05. The number of carbonyl (C=O) groups excluding carboxylic acids is 1. The van der Waals surface area contributed by atoms with Crippen LogP contribution in [-0.4, -0.2) is 16.8 Å². The van der Waals surface area contributed by atoms with Crippen molar-refractivity contribution in [3.63, 3.8) is 0 Å². The van der Waals surface area contributed by atoms with Crippen molar-refractivity contribution in [1.82, 2.24) is 0 Å². The highest BCUT2D eigenvalue weighted by molar-refractivity contribution is 8.00. The maximum atomic E-state index is 10.5. The molecule has 0 radical (unpaired) electrons. The van der Waals surface area contributed by atoms with E-state index in [2.05, 4.69) is 18.7 Å². The Labute approximate surface area is 71.9 Å². The first-order chi connectivity index (χ1) is 5.26. The van der Waals surface area contributed by atoms with Gasteiger partial charge in [0.15, 0.2) is 0 Å². The molecule has 1 saturated heterocycles. The summed E-state index contributed by atoms with van der Waals surface area (Å²) in [6.07, 6.45) is 4.98. The van der Waals surface area contributed by atoms with E-state index in [1.807, 2.05) is 0 Å². The van der Waals surface area contributed by atoms with Gasteiger partial charge in [-0.25, -0.2) is 0 Å². The van der Waals surface area contributed by atoms with Gasteiger partial charge in [0, 0.05) is 10.7 Å². The second kappa shape index (κ2) is 2.51. The molecule has 2 fully saturated rings. The van der Waals surface area contributed by atoms with Crippen molar-refractivity contribution in [3.05, 3.63) is 0 Å². The molecule has 1 heterocycles. The lowest BCUT2D eigenvalue weighted by Gasteiger charge is -2.21. The van der Waals surface area contributed by atoms with Gasteiger partial charge in [0.2, 0.25) is 0 Å². The summed E-state index contributed by atoms with van der Waals surface area (Å²) in [6.45, 7) is 2.33. The SMILES string of the molecule is C[C@]1([C@H]2C[C@H]2C=O)CCCS1. The Hall–Kier alpha value is 0.0200. The van der Waals surface area contributed by atoms with Gasteiger partial charge in [-0.2, -0.15) is 11.8 Å². The second-order valence-corrected chi connectivity index (χ2v) is 5.54. The van der Waals surface area contributed by atoms with E-state index >= 15 is 0 Å². The summed E-state index contributed by atoms with van der Waals surface area (Å²) >= 11 is 2.08. The first-order valence-corrected chi connectivity index (χ1v) is 5.34. The van der Waals surface area contributed by atoms with Crippen LogP contribution in [0.25, 0.3) is 0 Å². The van der Waals surface area contributed by atoms with Crippen molar-refractivity contribution < 1.29 is 4.79 Å². The molecule has 62 valence electrons. The molecule has 3 atom stereocenters.